The first-order valence-corrected chi connectivity index (χ1v) is 10.2. The molecule has 0 spiro atoms. The van der Waals surface area contributed by atoms with Crippen LogP contribution in [0.1, 0.15) is 24.5 Å². The van der Waals surface area contributed by atoms with Crippen LogP contribution in [0.3, 0.4) is 0 Å². The molecule has 1 N–H and O–H groups in total. The fraction of sp³-hybridized carbons (Fsp3) is 0.278. The van der Waals surface area contributed by atoms with Gasteiger partial charge >= 0.3 is 6.18 Å². The molecule has 1 aliphatic rings. The zero-order valence-corrected chi connectivity index (χ0v) is 16.2. The number of hydrogen-bond acceptors (Lipinski definition) is 3. The normalized spacial score (nSPS) is 14.5. The number of halogens is 4. The summed E-state index contributed by atoms with van der Waals surface area (Å²) >= 11 is 5.87. The van der Waals surface area contributed by atoms with Crippen molar-refractivity contribution in [1.29, 1.82) is 0 Å². The summed E-state index contributed by atoms with van der Waals surface area (Å²) in [5, 5.41) is -0.155. The van der Waals surface area contributed by atoms with Gasteiger partial charge in [0.15, 0.2) is 0 Å². The molecule has 5 nitrogen and oxygen atoms in total. The average Bonchev–Trinajstić information content (AvgIpc) is 2.61. The second-order valence-corrected chi connectivity index (χ2v) is 8.45. The van der Waals surface area contributed by atoms with Crippen LogP contribution in [0.25, 0.3) is 0 Å². The third-order valence-corrected chi connectivity index (χ3v) is 6.09. The Morgan fingerprint density at radius 2 is 1.89 bits per heavy atom. The molecule has 28 heavy (non-hydrogen) atoms. The summed E-state index contributed by atoms with van der Waals surface area (Å²) in [7, 11) is -4.17. The molecule has 2 aromatic rings. The minimum atomic E-state index is -4.63. The van der Waals surface area contributed by atoms with Crippen LogP contribution in [0.4, 0.5) is 24.5 Å². The average molecular weight is 433 g/mol. The maximum Gasteiger partial charge on any atom is 0.416 e. The van der Waals surface area contributed by atoms with Crippen LogP contribution in [-0.4, -0.2) is 20.9 Å². The number of fused-ring (bicyclic) bond motifs is 1. The molecule has 2 aromatic carbocycles. The lowest BCUT2D eigenvalue weighted by atomic mass is 10.0. The molecule has 3 rings (SSSR count). The number of sulfonamides is 1. The van der Waals surface area contributed by atoms with Crippen molar-refractivity contribution in [3.63, 3.8) is 0 Å². The Labute approximate surface area is 165 Å². The van der Waals surface area contributed by atoms with E-state index in [4.69, 9.17) is 11.6 Å². The third-order valence-electron chi connectivity index (χ3n) is 4.40. The van der Waals surface area contributed by atoms with Gasteiger partial charge in [0.25, 0.3) is 10.0 Å². The fourth-order valence-electron chi connectivity index (χ4n) is 3.05. The number of nitrogens with one attached hydrogen (secondary N) is 1. The van der Waals surface area contributed by atoms with Crippen LogP contribution in [0, 0.1) is 0 Å². The van der Waals surface area contributed by atoms with Gasteiger partial charge in [0.2, 0.25) is 5.91 Å². The number of nitrogens with zero attached hydrogens (tertiary/aromatic N) is 1. The predicted molar refractivity (Wildman–Crippen MR) is 100 cm³/mol. The molecule has 0 fully saturated rings. The Kier molecular flexibility index (Phi) is 5.33. The van der Waals surface area contributed by atoms with Crippen LogP contribution < -0.4 is 9.62 Å². The molecule has 0 aromatic heterocycles. The number of carbonyl (C=O) groups is 1. The highest BCUT2D eigenvalue weighted by Crippen LogP contribution is 2.35. The van der Waals surface area contributed by atoms with Gasteiger partial charge in [-0.15, -0.1) is 0 Å². The SMILES string of the molecule is CC(=O)N1CCCc2cc(S(=O)(=O)Nc3cc(C(F)(F)F)ccc3Cl)ccc21. The quantitative estimate of drug-likeness (QED) is 0.778. The predicted octanol–water partition coefficient (Wildman–Crippen LogP) is 4.46. The van der Waals surface area contributed by atoms with E-state index in [1.165, 1.54) is 25.1 Å². The van der Waals surface area contributed by atoms with E-state index >= 15 is 0 Å². The second kappa shape index (κ2) is 7.29. The Bertz CT molecular complexity index is 1040. The Hall–Kier alpha value is -2.26. The summed E-state index contributed by atoms with van der Waals surface area (Å²) in [4.78, 5) is 13.2. The molecule has 0 saturated carbocycles. The first-order chi connectivity index (χ1) is 13.0. The van der Waals surface area contributed by atoms with Crippen molar-refractivity contribution in [2.45, 2.75) is 30.8 Å². The van der Waals surface area contributed by atoms with Gasteiger partial charge in [-0.2, -0.15) is 13.2 Å². The van der Waals surface area contributed by atoms with Crippen LogP contribution in [0.2, 0.25) is 5.02 Å². The van der Waals surface area contributed by atoms with Crippen molar-refractivity contribution in [1.82, 2.24) is 0 Å². The monoisotopic (exact) mass is 432 g/mol. The van der Waals surface area contributed by atoms with Crippen molar-refractivity contribution >= 4 is 38.9 Å². The minimum absolute atomic E-state index is 0.120. The van der Waals surface area contributed by atoms with E-state index in [-0.39, 0.29) is 21.5 Å². The molecule has 0 bridgehead atoms. The first-order valence-electron chi connectivity index (χ1n) is 8.29. The van der Waals surface area contributed by atoms with Crippen LogP contribution >= 0.6 is 11.6 Å². The highest BCUT2D eigenvalue weighted by atomic mass is 35.5. The molecular formula is C18H16ClF3N2O3S. The summed E-state index contributed by atoms with van der Waals surface area (Å²) in [6.07, 6.45) is -3.36. The van der Waals surface area contributed by atoms with E-state index in [2.05, 4.69) is 4.72 Å². The number of amides is 1. The number of benzene rings is 2. The number of carbonyl (C=O) groups excluding carboxylic acids is 1. The standard InChI is InChI=1S/C18H16ClF3N2O3S/c1-11(25)24-8-2-3-12-9-14(5-7-17(12)24)28(26,27)23-16-10-13(18(20,21)22)4-6-15(16)19/h4-7,9-10,23H,2-3,8H2,1H3. The topological polar surface area (TPSA) is 66.5 Å². The zero-order valence-electron chi connectivity index (χ0n) is 14.7. The molecule has 1 amide bonds. The summed E-state index contributed by atoms with van der Waals surface area (Å²) in [6.45, 7) is 1.98. The summed E-state index contributed by atoms with van der Waals surface area (Å²) in [5.74, 6) is -0.148. The lowest BCUT2D eigenvalue weighted by Crippen LogP contribution is -2.33. The third kappa shape index (κ3) is 4.10. The molecule has 0 saturated heterocycles. The molecule has 0 radical (unpaired) electrons. The largest absolute Gasteiger partial charge is 0.416 e. The number of anilines is 2. The van der Waals surface area contributed by atoms with Crippen molar-refractivity contribution in [2.75, 3.05) is 16.2 Å². The lowest BCUT2D eigenvalue weighted by Gasteiger charge is -2.28. The van der Waals surface area contributed by atoms with E-state index in [9.17, 15) is 26.4 Å². The maximum atomic E-state index is 12.9. The van der Waals surface area contributed by atoms with Gasteiger partial charge in [0, 0.05) is 19.2 Å². The van der Waals surface area contributed by atoms with Crippen molar-refractivity contribution < 1.29 is 26.4 Å². The van der Waals surface area contributed by atoms with E-state index in [1.54, 1.807) is 4.90 Å². The first kappa shape index (κ1) is 20.5. The molecule has 0 unspecified atom stereocenters. The lowest BCUT2D eigenvalue weighted by molar-refractivity contribution is -0.137. The smallest absolute Gasteiger partial charge is 0.312 e. The molecule has 1 aliphatic heterocycles. The van der Waals surface area contributed by atoms with Gasteiger partial charge in [-0.25, -0.2) is 8.42 Å². The second-order valence-electron chi connectivity index (χ2n) is 6.36. The highest BCUT2D eigenvalue weighted by Gasteiger charge is 2.31. The van der Waals surface area contributed by atoms with Crippen LogP contribution in [0.5, 0.6) is 0 Å². The van der Waals surface area contributed by atoms with Gasteiger partial charge in [-0.1, -0.05) is 11.6 Å². The van der Waals surface area contributed by atoms with Crippen molar-refractivity contribution in [3.05, 3.63) is 52.5 Å². The Balaban J connectivity index is 1.96. The van der Waals surface area contributed by atoms with E-state index in [0.29, 0.717) is 36.7 Å². The summed E-state index contributed by atoms with van der Waals surface area (Å²) in [5.41, 5.74) is -0.0639. The molecule has 10 heteroatoms. The van der Waals surface area contributed by atoms with E-state index in [1.807, 2.05) is 0 Å². The van der Waals surface area contributed by atoms with E-state index < -0.39 is 21.8 Å². The number of rotatable bonds is 3. The molecule has 0 atom stereocenters. The highest BCUT2D eigenvalue weighted by molar-refractivity contribution is 7.92. The summed E-state index contributed by atoms with van der Waals surface area (Å²) in [6, 6.07) is 6.67. The van der Waals surface area contributed by atoms with Gasteiger partial charge in [-0.05, 0) is 54.8 Å². The van der Waals surface area contributed by atoms with Gasteiger partial charge in [0.1, 0.15) is 0 Å². The van der Waals surface area contributed by atoms with Crippen LogP contribution in [-0.2, 0) is 27.4 Å². The fourth-order valence-corrected chi connectivity index (χ4v) is 4.39. The van der Waals surface area contributed by atoms with E-state index in [0.717, 1.165) is 12.1 Å². The van der Waals surface area contributed by atoms with Gasteiger partial charge < -0.3 is 4.90 Å². The molecule has 1 heterocycles. The van der Waals surface area contributed by atoms with Gasteiger partial charge in [-0.3, -0.25) is 9.52 Å². The number of hydrogen-bond donors (Lipinski definition) is 1. The Morgan fingerprint density at radius 3 is 2.54 bits per heavy atom. The van der Waals surface area contributed by atoms with Crippen LogP contribution in [0.15, 0.2) is 41.3 Å². The number of aryl methyl sites for hydroxylation is 1. The Morgan fingerprint density at radius 1 is 1.18 bits per heavy atom. The molecule has 150 valence electrons. The number of alkyl halides is 3. The molecular weight excluding hydrogens is 417 g/mol. The zero-order chi connectivity index (χ0) is 20.7. The van der Waals surface area contributed by atoms with Gasteiger partial charge in [0.05, 0.1) is 21.2 Å². The van der Waals surface area contributed by atoms with Crippen molar-refractivity contribution in [2.24, 2.45) is 0 Å². The minimum Gasteiger partial charge on any atom is -0.312 e. The van der Waals surface area contributed by atoms with Crippen molar-refractivity contribution in [3.8, 4) is 0 Å². The maximum absolute atomic E-state index is 12.9. The molecule has 0 aliphatic carbocycles. The summed E-state index contributed by atoms with van der Waals surface area (Å²) < 4.78 is 66.2.